The number of nitrogens with one attached hydrogen (secondary N) is 1. The van der Waals surface area contributed by atoms with E-state index in [0.717, 1.165) is 24.2 Å². The molecule has 1 unspecified atom stereocenters. The Morgan fingerprint density at radius 1 is 1.40 bits per heavy atom. The second kappa shape index (κ2) is 6.57. The molecule has 0 aliphatic carbocycles. The van der Waals surface area contributed by atoms with Gasteiger partial charge in [-0.25, -0.2) is 0 Å². The van der Waals surface area contributed by atoms with Gasteiger partial charge in [-0.2, -0.15) is 5.10 Å². The minimum Gasteiger partial charge on any atom is -0.396 e. The first kappa shape index (κ1) is 14.6. The first-order chi connectivity index (χ1) is 9.60. The van der Waals surface area contributed by atoms with Crippen molar-refractivity contribution < 1.29 is 5.11 Å². The van der Waals surface area contributed by atoms with Crippen molar-refractivity contribution >= 4 is 5.69 Å². The molecule has 1 aromatic heterocycles. The van der Waals surface area contributed by atoms with E-state index >= 15 is 0 Å². The number of hydrogen-bond acceptors (Lipinski definition) is 3. The third-order valence-corrected chi connectivity index (χ3v) is 3.45. The van der Waals surface area contributed by atoms with Crippen molar-refractivity contribution in [3.8, 4) is 0 Å². The third-order valence-electron chi connectivity index (χ3n) is 3.45. The minimum absolute atomic E-state index is 0.219. The smallest absolute Gasteiger partial charge is 0.0646 e. The molecule has 2 N–H and O–H groups in total. The maximum absolute atomic E-state index is 8.90. The Hall–Kier alpha value is -1.81. The highest BCUT2D eigenvalue weighted by molar-refractivity contribution is 5.48. The molecule has 0 saturated carbocycles. The number of aryl methyl sites for hydroxylation is 3. The Bertz CT molecular complexity index is 563. The highest BCUT2D eigenvalue weighted by Gasteiger charge is 2.11. The van der Waals surface area contributed by atoms with Crippen LogP contribution in [0.15, 0.2) is 30.5 Å². The monoisotopic (exact) mass is 273 g/mol. The van der Waals surface area contributed by atoms with Gasteiger partial charge in [0.2, 0.25) is 0 Å². The molecule has 0 amide bonds. The average Bonchev–Trinajstić information content (AvgIpc) is 2.76. The number of aliphatic hydroxyl groups excluding tert-OH is 1. The summed E-state index contributed by atoms with van der Waals surface area (Å²) in [5.74, 6) is 0. The van der Waals surface area contributed by atoms with Crippen LogP contribution in [-0.2, 0) is 13.5 Å². The Labute approximate surface area is 120 Å². The molecule has 0 saturated heterocycles. The molecule has 1 heterocycles. The van der Waals surface area contributed by atoms with Gasteiger partial charge in [0.05, 0.1) is 11.7 Å². The fourth-order valence-corrected chi connectivity index (χ4v) is 2.47. The van der Waals surface area contributed by atoms with E-state index in [9.17, 15) is 0 Å². The van der Waals surface area contributed by atoms with Gasteiger partial charge in [0.15, 0.2) is 0 Å². The van der Waals surface area contributed by atoms with E-state index in [1.807, 2.05) is 18.7 Å². The Morgan fingerprint density at radius 3 is 2.85 bits per heavy atom. The second-order valence-electron chi connectivity index (χ2n) is 5.24. The number of anilines is 1. The lowest BCUT2D eigenvalue weighted by Gasteiger charge is -2.15. The van der Waals surface area contributed by atoms with Crippen LogP contribution in [0, 0.1) is 6.92 Å². The van der Waals surface area contributed by atoms with Crippen molar-refractivity contribution in [2.24, 2.45) is 7.05 Å². The molecule has 2 aromatic rings. The maximum Gasteiger partial charge on any atom is 0.0646 e. The molecule has 2 rings (SSSR count). The van der Waals surface area contributed by atoms with Crippen LogP contribution in [0.25, 0.3) is 0 Å². The highest BCUT2D eigenvalue weighted by atomic mass is 16.2. The largest absolute Gasteiger partial charge is 0.396 e. The predicted octanol–water partition coefficient (Wildman–Crippen LogP) is 2.83. The summed E-state index contributed by atoms with van der Waals surface area (Å²) in [5.41, 5.74) is 4.63. The van der Waals surface area contributed by atoms with Gasteiger partial charge in [-0.3, -0.25) is 4.68 Å². The zero-order valence-corrected chi connectivity index (χ0v) is 12.4. The predicted molar refractivity (Wildman–Crippen MR) is 81.8 cm³/mol. The molecular formula is C16H23N3O. The molecule has 0 bridgehead atoms. The van der Waals surface area contributed by atoms with Crippen LogP contribution in [0.2, 0.25) is 0 Å². The SMILES string of the molecule is Cc1nn(C)cc1C(C)Nc1cccc(CCCO)c1. The molecule has 1 aromatic carbocycles. The number of rotatable bonds is 6. The summed E-state index contributed by atoms with van der Waals surface area (Å²) in [6.45, 7) is 4.42. The topological polar surface area (TPSA) is 50.1 Å². The summed E-state index contributed by atoms with van der Waals surface area (Å²) < 4.78 is 1.85. The molecule has 0 fully saturated rings. The number of benzene rings is 1. The van der Waals surface area contributed by atoms with Crippen molar-refractivity contribution in [3.05, 3.63) is 47.3 Å². The van der Waals surface area contributed by atoms with E-state index in [1.165, 1.54) is 11.1 Å². The number of nitrogens with zero attached hydrogens (tertiary/aromatic N) is 2. The standard InChI is InChI=1S/C16H23N3O/c1-12(16-11-19(3)18-13(16)2)17-15-8-4-6-14(10-15)7-5-9-20/h4,6,8,10-12,17,20H,5,7,9H2,1-3H3. The van der Waals surface area contributed by atoms with Gasteiger partial charge >= 0.3 is 0 Å². The molecule has 0 aliphatic rings. The number of hydrogen-bond donors (Lipinski definition) is 2. The normalized spacial score (nSPS) is 12.4. The first-order valence-electron chi connectivity index (χ1n) is 7.06. The molecule has 4 heteroatoms. The molecule has 0 aliphatic heterocycles. The first-order valence-corrected chi connectivity index (χ1v) is 7.06. The third kappa shape index (κ3) is 3.61. The lowest BCUT2D eigenvalue weighted by Crippen LogP contribution is -2.07. The van der Waals surface area contributed by atoms with Crippen LogP contribution in [-0.4, -0.2) is 21.5 Å². The summed E-state index contributed by atoms with van der Waals surface area (Å²) in [5, 5.41) is 16.8. The maximum atomic E-state index is 8.90. The van der Waals surface area contributed by atoms with E-state index in [0.29, 0.717) is 0 Å². The van der Waals surface area contributed by atoms with Gasteiger partial charge in [-0.1, -0.05) is 12.1 Å². The van der Waals surface area contributed by atoms with Crippen LogP contribution in [0.3, 0.4) is 0 Å². The summed E-state index contributed by atoms with van der Waals surface area (Å²) in [4.78, 5) is 0. The van der Waals surface area contributed by atoms with Crippen molar-refractivity contribution in [3.63, 3.8) is 0 Å². The summed E-state index contributed by atoms with van der Waals surface area (Å²) in [6.07, 6.45) is 3.77. The lowest BCUT2D eigenvalue weighted by molar-refractivity contribution is 0.288. The van der Waals surface area contributed by atoms with Crippen molar-refractivity contribution in [1.82, 2.24) is 9.78 Å². The fourth-order valence-electron chi connectivity index (χ4n) is 2.47. The summed E-state index contributed by atoms with van der Waals surface area (Å²) >= 11 is 0. The Balaban J connectivity index is 2.07. The van der Waals surface area contributed by atoms with E-state index < -0.39 is 0 Å². The molecule has 0 spiro atoms. The van der Waals surface area contributed by atoms with Gasteiger partial charge in [-0.15, -0.1) is 0 Å². The molecule has 4 nitrogen and oxygen atoms in total. The number of aliphatic hydroxyl groups is 1. The Kier molecular flexibility index (Phi) is 4.79. The summed E-state index contributed by atoms with van der Waals surface area (Å²) in [7, 11) is 1.94. The summed E-state index contributed by atoms with van der Waals surface area (Å²) in [6, 6.07) is 8.60. The lowest BCUT2D eigenvalue weighted by atomic mass is 10.1. The molecular weight excluding hydrogens is 250 g/mol. The van der Waals surface area contributed by atoms with Crippen molar-refractivity contribution in [2.75, 3.05) is 11.9 Å². The molecule has 1 atom stereocenters. The van der Waals surface area contributed by atoms with Crippen LogP contribution in [0.1, 0.15) is 36.2 Å². The van der Waals surface area contributed by atoms with Crippen molar-refractivity contribution in [2.45, 2.75) is 32.7 Å². The number of aromatic nitrogens is 2. The van der Waals surface area contributed by atoms with Crippen LogP contribution >= 0.6 is 0 Å². The fraction of sp³-hybridized carbons (Fsp3) is 0.438. The van der Waals surface area contributed by atoms with Crippen LogP contribution in [0.5, 0.6) is 0 Å². The molecule has 0 radical (unpaired) electrons. The second-order valence-corrected chi connectivity index (χ2v) is 5.24. The highest BCUT2D eigenvalue weighted by Crippen LogP contribution is 2.22. The quantitative estimate of drug-likeness (QED) is 0.851. The zero-order valence-electron chi connectivity index (χ0n) is 12.4. The van der Waals surface area contributed by atoms with Crippen LogP contribution < -0.4 is 5.32 Å². The van der Waals surface area contributed by atoms with Gasteiger partial charge in [0, 0.05) is 31.1 Å². The minimum atomic E-state index is 0.219. The Morgan fingerprint density at radius 2 is 2.20 bits per heavy atom. The van der Waals surface area contributed by atoms with E-state index in [1.54, 1.807) is 0 Å². The molecule has 108 valence electrons. The van der Waals surface area contributed by atoms with Crippen LogP contribution in [0.4, 0.5) is 5.69 Å². The van der Waals surface area contributed by atoms with Crippen molar-refractivity contribution in [1.29, 1.82) is 0 Å². The zero-order chi connectivity index (χ0) is 14.5. The van der Waals surface area contributed by atoms with Gasteiger partial charge in [0.25, 0.3) is 0 Å². The van der Waals surface area contributed by atoms with Gasteiger partial charge < -0.3 is 10.4 Å². The molecule has 20 heavy (non-hydrogen) atoms. The van der Waals surface area contributed by atoms with E-state index in [-0.39, 0.29) is 12.6 Å². The van der Waals surface area contributed by atoms with Gasteiger partial charge in [0.1, 0.15) is 0 Å². The van der Waals surface area contributed by atoms with Gasteiger partial charge in [-0.05, 0) is 44.4 Å². The average molecular weight is 273 g/mol. The van der Waals surface area contributed by atoms with E-state index in [2.05, 4.69) is 47.8 Å². The van der Waals surface area contributed by atoms with E-state index in [4.69, 9.17) is 5.11 Å².